The van der Waals surface area contributed by atoms with Crippen molar-refractivity contribution < 1.29 is 9.84 Å². The molecule has 3 atom stereocenters. The SMILES string of the molecule is C[C@@H]1O[C@@H](C)C=C[C@H]1O. The molecule has 0 fully saturated rings. The highest BCUT2D eigenvalue weighted by atomic mass is 16.5. The standard InChI is InChI=1S/C7H12O2/c1-5-3-4-7(8)6(2)9-5/h3-8H,1-2H3/t5-,6-,7+/m0/s1. The van der Waals surface area contributed by atoms with Gasteiger partial charge in [0, 0.05) is 0 Å². The molecule has 1 heterocycles. The number of ether oxygens (including phenoxy) is 1. The van der Waals surface area contributed by atoms with E-state index in [0.29, 0.717) is 0 Å². The topological polar surface area (TPSA) is 29.5 Å². The zero-order valence-electron chi connectivity index (χ0n) is 5.74. The number of aliphatic hydroxyl groups excluding tert-OH is 1. The first-order valence-electron chi connectivity index (χ1n) is 3.22. The van der Waals surface area contributed by atoms with E-state index in [-0.39, 0.29) is 12.2 Å². The van der Waals surface area contributed by atoms with Crippen molar-refractivity contribution in [2.24, 2.45) is 0 Å². The minimum Gasteiger partial charge on any atom is -0.386 e. The first-order valence-corrected chi connectivity index (χ1v) is 3.22. The Balaban J connectivity index is 2.54. The highest BCUT2D eigenvalue weighted by Gasteiger charge is 2.17. The van der Waals surface area contributed by atoms with Crippen LogP contribution in [0.5, 0.6) is 0 Å². The maximum atomic E-state index is 9.08. The summed E-state index contributed by atoms with van der Waals surface area (Å²) in [5.41, 5.74) is 0. The summed E-state index contributed by atoms with van der Waals surface area (Å²) in [4.78, 5) is 0. The molecule has 0 aliphatic carbocycles. The summed E-state index contributed by atoms with van der Waals surface area (Å²) < 4.78 is 5.26. The van der Waals surface area contributed by atoms with Crippen LogP contribution in [0.25, 0.3) is 0 Å². The summed E-state index contributed by atoms with van der Waals surface area (Å²) >= 11 is 0. The van der Waals surface area contributed by atoms with E-state index in [1.54, 1.807) is 6.08 Å². The van der Waals surface area contributed by atoms with Crippen molar-refractivity contribution in [1.82, 2.24) is 0 Å². The molecule has 0 spiro atoms. The maximum Gasteiger partial charge on any atom is 0.0981 e. The molecule has 0 saturated carbocycles. The molecule has 2 nitrogen and oxygen atoms in total. The fourth-order valence-corrected chi connectivity index (χ4v) is 0.891. The Bertz CT molecular complexity index is 120. The van der Waals surface area contributed by atoms with Crippen molar-refractivity contribution in [2.75, 3.05) is 0 Å². The molecule has 0 radical (unpaired) electrons. The molecular formula is C7H12O2. The molecule has 1 N–H and O–H groups in total. The molecule has 1 aliphatic heterocycles. The van der Waals surface area contributed by atoms with E-state index in [1.807, 2.05) is 19.9 Å². The molecule has 2 heteroatoms. The predicted molar refractivity (Wildman–Crippen MR) is 35.2 cm³/mol. The van der Waals surface area contributed by atoms with E-state index < -0.39 is 6.10 Å². The van der Waals surface area contributed by atoms with Crippen molar-refractivity contribution >= 4 is 0 Å². The second-order valence-corrected chi connectivity index (χ2v) is 2.42. The minimum atomic E-state index is -0.416. The molecule has 1 rings (SSSR count). The Kier molecular flexibility index (Phi) is 1.88. The van der Waals surface area contributed by atoms with Gasteiger partial charge >= 0.3 is 0 Å². The van der Waals surface area contributed by atoms with Crippen molar-refractivity contribution in [2.45, 2.75) is 32.2 Å². The molecule has 52 valence electrons. The third kappa shape index (κ3) is 1.53. The van der Waals surface area contributed by atoms with Crippen molar-refractivity contribution in [3.8, 4) is 0 Å². The molecule has 0 aromatic heterocycles. The molecule has 0 aromatic rings. The predicted octanol–water partition coefficient (Wildman–Crippen LogP) is 0.711. The lowest BCUT2D eigenvalue weighted by Crippen LogP contribution is -2.31. The van der Waals surface area contributed by atoms with Gasteiger partial charge < -0.3 is 9.84 Å². The monoisotopic (exact) mass is 128 g/mol. The molecule has 0 amide bonds. The maximum absolute atomic E-state index is 9.08. The van der Waals surface area contributed by atoms with E-state index in [9.17, 15) is 0 Å². The summed E-state index contributed by atoms with van der Waals surface area (Å²) in [6.07, 6.45) is 3.33. The Labute approximate surface area is 55.1 Å². The van der Waals surface area contributed by atoms with E-state index in [2.05, 4.69) is 0 Å². The highest BCUT2D eigenvalue weighted by molar-refractivity contribution is 4.99. The highest BCUT2D eigenvalue weighted by Crippen LogP contribution is 2.10. The molecule has 0 saturated heterocycles. The molecule has 0 bridgehead atoms. The van der Waals surface area contributed by atoms with Crippen LogP contribution in [0, 0.1) is 0 Å². The van der Waals surface area contributed by atoms with Crippen LogP contribution in [0.2, 0.25) is 0 Å². The van der Waals surface area contributed by atoms with Gasteiger partial charge in [0.2, 0.25) is 0 Å². The minimum absolute atomic E-state index is 0.0509. The Morgan fingerprint density at radius 3 is 2.44 bits per heavy atom. The fraction of sp³-hybridized carbons (Fsp3) is 0.714. The zero-order valence-corrected chi connectivity index (χ0v) is 5.74. The smallest absolute Gasteiger partial charge is 0.0981 e. The average Bonchev–Trinajstić information content (AvgIpc) is 1.80. The Hall–Kier alpha value is -0.340. The van der Waals surface area contributed by atoms with Crippen molar-refractivity contribution in [3.05, 3.63) is 12.2 Å². The molecule has 0 unspecified atom stereocenters. The third-order valence-electron chi connectivity index (χ3n) is 1.49. The second-order valence-electron chi connectivity index (χ2n) is 2.42. The summed E-state index contributed by atoms with van der Waals surface area (Å²) in [6, 6.07) is 0. The van der Waals surface area contributed by atoms with Gasteiger partial charge in [-0.25, -0.2) is 0 Å². The lowest BCUT2D eigenvalue weighted by atomic mass is 10.1. The van der Waals surface area contributed by atoms with E-state index in [4.69, 9.17) is 9.84 Å². The summed E-state index contributed by atoms with van der Waals surface area (Å²) in [6.45, 7) is 3.82. The number of rotatable bonds is 0. The normalized spacial score (nSPS) is 43.2. The largest absolute Gasteiger partial charge is 0.386 e. The van der Waals surface area contributed by atoms with Crippen LogP contribution in [-0.4, -0.2) is 23.4 Å². The number of aliphatic hydroxyl groups is 1. The van der Waals surface area contributed by atoms with Crippen LogP contribution in [0.1, 0.15) is 13.8 Å². The van der Waals surface area contributed by atoms with Gasteiger partial charge in [0.25, 0.3) is 0 Å². The van der Waals surface area contributed by atoms with E-state index >= 15 is 0 Å². The van der Waals surface area contributed by atoms with Crippen molar-refractivity contribution in [3.63, 3.8) is 0 Å². The van der Waals surface area contributed by atoms with Gasteiger partial charge in [0.1, 0.15) is 0 Å². The van der Waals surface area contributed by atoms with Crippen LogP contribution in [0.4, 0.5) is 0 Å². The van der Waals surface area contributed by atoms with Gasteiger partial charge in [-0.15, -0.1) is 0 Å². The van der Waals surface area contributed by atoms with Crippen LogP contribution in [0.15, 0.2) is 12.2 Å². The van der Waals surface area contributed by atoms with Crippen LogP contribution in [0.3, 0.4) is 0 Å². The van der Waals surface area contributed by atoms with Crippen molar-refractivity contribution in [1.29, 1.82) is 0 Å². The first-order chi connectivity index (χ1) is 4.20. The number of hydrogen-bond acceptors (Lipinski definition) is 2. The van der Waals surface area contributed by atoms with Crippen LogP contribution < -0.4 is 0 Å². The van der Waals surface area contributed by atoms with E-state index in [1.165, 1.54) is 0 Å². The van der Waals surface area contributed by atoms with Gasteiger partial charge in [-0.2, -0.15) is 0 Å². The van der Waals surface area contributed by atoms with Gasteiger partial charge in [-0.1, -0.05) is 12.2 Å². The van der Waals surface area contributed by atoms with E-state index in [0.717, 1.165) is 0 Å². The fourth-order valence-electron chi connectivity index (χ4n) is 0.891. The quantitative estimate of drug-likeness (QED) is 0.487. The average molecular weight is 128 g/mol. The van der Waals surface area contributed by atoms with Crippen LogP contribution in [-0.2, 0) is 4.74 Å². The summed E-state index contributed by atoms with van der Waals surface area (Å²) in [5, 5.41) is 9.08. The van der Waals surface area contributed by atoms with Gasteiger partial charge in [0.05, 0.1) is 18.3 Å². The lowest BCUT2D eigenvalue weighted by Gasteiger charge is -2.24. The van der Waals surface area contributed by atoms with Crippen LogP contribution >= 0.6 is 0 Å². The molecular weight excluding hydrogens is 116 g/mol. The second kappa shape index (κ2) is 2.50. The molecule has 0 aromatic carbocycles. The number of hydrogen-bond donors (Lipinski definition) is 1. The lowest BCUT2D eigenvalue weighted by molar-refractivity contribution is -0.0388. The summed E-state index contributed by atoms with van der Waals surface area (Å²) in [5.74, 6) is 0. The van der Waals surface area contributed by atoms with Gasteiger partial charge in [0.15, 0.2) is 0 Å². The molecule has 9 heavy (non-hydrogen) atoms. The third-order valence-corrected chi connectivity index (χ3v) is 1.49. The Morgan fingerprint density at radius 1 is 1.33 bits per heavy atom. The van der Waals surface area contributed by atoms with Gasteiger partial charge in [-0.05, 0) is 13.8 Å². The Morgan fingerprint density at radius 2 is 2.00 bits per heavy atom. The van der Waals surface area contributed by atoms with Gasteiger partial charge in [-0.3, -0.25) is 0 Å². The summed E-state index contributed by atoms with van der Waals surface area (Å²) in [7, 11) is 0. The zero-order chi connectivity index (χ0) is 6.85. The first kappa shape index (κ1) is 6.78. The molecule has 1 aliphatic rings.